The monoisotopic (exact) mass is 257 g/mol. The first-order valence-electron chi connectivity index (χ1n) is 2.41. The third-order valence-electron chi connectivity index (χ3n) is 0.250. The number of hydrogen-bond donors (Lipinski definition) is 0. The first kappa shape index (κ1) is 22.4. The van der Waals surface area contributed by atoms with E-state index in [1.165, 1.54) is 0 Å². The van der Waals surface area contributed by atoms with Crippen LogP contribution in [0.1, 0.15) is 0 Å². The minimum Gasteiger partial charge on any atom is -1.00 e. The average molecular weight is 258 g/mol. The third kappa shape index (κ3) is 68.5. The molecule has 0 rings (SSSR count). The molecule has 0 aliphatic carbocycles. The van der Waals surface area contributed by atoms with Crippen LogP contribution in [0.15, 0.2) is 0 Å². The van der Waals surface area contributed by atoms with Gasteiger partial charge in [-0.15, -0.1) is 0 Å². The second-order valence-electron chi connectivity index (χ2n) is 1.000. The molecule has 0 aliphatic heterocycles. The predicted octanol–water partition coefficient (Wildman–Crippen LogP) is -0.817. The second-order valence-corrected chi connectivity index (χ2v) is 1.000. The second kappa shape index (κ2) is 33.0. The minimum atomic E-state index is 0. The molecule has 4 nitrogen and oxygen atoms in total. The van der Waals surface area contributed by atoms with Gasteiger partial charge in [0.15, 0.2) is 0 Å². The van der Waals surface area contributed by atoms with Gasteiger partial charge in [0.1, 0.15) is 0 Å². The van der Waals surface area contributed by atoms with Crippen LogP contribution in [0.2, 0.25) is 0 Å². The van der Waals surface area contributed by atoms with Gasteiger partial charge in [0.05, 0.1) is 0 Å². The molecule has 6 heteroatoms. The molecule has 0 radical (unpaired) electrons. The van der Waals surface area contributed by atoms with Crippen molar-refractivity contribution in [3.05, 3.63) is 22.9 Å². The Kier molecular flexibility index (Phi) is 73.9. The Hall–Kier alpha value is 0.792. The summed E-state index contributed by atoms with van der Waals surface area (Å²) in [6.45, 7) is 0.944. The van der Waals surface area contributed by atoms with Crippen LogP contribution >= 0.6 is 0 Å². The molecule has 70 valence electrons. The van der Waals surface area contributed by atoms with Gasteiger partial charge in [0.2, 0.25) is 0 Å². The Bertz CT molecular complexity index is 25.2. The van der Waals surface area contributed by atoms with Crippen molar-refractivity contribution in [2.24, 2.45) is 0 Å². The molecular weight excluding hydrogens is 246 g/mol. The van der Waals surface area contributed by atoms with E-state index in [0.717, 1.165) is 0 Å². The van der Waals surface area contributed by atoms with E-state index >= 15 is 0 Å². The van der Waals surface area contributed by atoms with Crippen molar-refractivity contribution >= 4 is 0 Å². The van der Waals surface area contributed by atoms with Gasteiger partial charge in [-0.3, -0.25) is 0 Å². The fraction of sp³-hybridized carbons (Fsp3) is 1.00. The van der Waals surface area contributed by atoms with Gasteiger partial charge < -0.3 is 35.3 Å². The fourth-order valence-corrected chi connectivity index (χ4v) is 0. The van der Waals surface area contributed by atoms with Gasteiger partial charge in [0.25, 0.3) is 0 Å². The molecule has 0 saturated heterocycles. The van der Waals surface area contributed by atoms with Gasteiger partial charge in [0, 0.05) is 20.4 Å². The smallest absolute Gasteiger partial charge is 0 e. The van der Waals surface area contributed by atoms with Gasteiger partial charge in [-0.25, -0.2) is 0 Å². The third-order valence-corrected chi connectivity index (χ3v) is 0.250. The van der Waals surface area contributed by atoms with Gasteiger partial charge in [-0.05, 0) is 0 Å². The molecule has 0 spiro atoms. The van der Waals surface area contributed by atoms with Crippen LogP contribution in [0.5, 0.6) is 0 Å². The normalized spacial score (nSPS) is 6.00. The molecule has 0 fully saturated rings. The van der Waals surface area contributed by atoms with Gasteiger partial charge in [-0.2, -0.15) is 26.2 Å². The number of halogens is 1. The standard InChI is InChI=1S/2C2H6N2.ClH.Pd/c2*3-1-2-4;;/h2*3-4H,1-2H2;1H;/q2*-2;;/p-1. The van der Waals surface area contributed by atoms with Crippen LogP contribution in [-0.2, 0) is 20.4 Å². The maximum Gasteiger partial charge on any atom is 0 e. The zero-order valence-electron chi connectivity index (χ0n) is 5.52. The summed E-state index contributed by atoms with van der Waals surface area (Å²) in [5.41, 5.74) is 25.1. The number of nitrogens with one attached hydrogen (secondary N) is 4. The van der Waals surface area contributed by atoms with E-state index in [1.807, 2.05) is 0 Å². The molecule has 0 aromatic carbocycles. The topological polar surface area (TPSA) is 95.2 Å². The summed E-state index contributed by atoms with van der Waals surface area (Å²) in [7, 11) is 0. The van der Waals surface area contributed by atoms with Crippen molar-refractivity contribution in [2.75, 3.05) is 26.2 Å². The van der Waals surface area contributed by atoms with Crippen molar-refractivity contribution in [3.8, 4) is 0 Å². The number of rotatable bonds is 2. The summed E-state index contributed by atoms with van der Waals surface area (Å²) < 4.78 is 0. The average Bonchev–Trinajstić information content (AvgIpc) is 1.88. The summed E-state index contributed by atoms with van der Waals surface area (Å²) in [6, 6.07) is 0. The Balaban J connectivity index is -0.0000000300. The van der Waals surface area contributed by atoms with E-state index in [2.05, 4.69) is 0 Å². The van der Waals surface area contributed by atoms with Crippen molar-refractivity contribution in [3.63, 3.8) is 0 Å². The first-order valence-corrected chi connectivity index (χ1v) is 2.41. The van der Waals surface area contributed by atoms with Crippen LogP contribution in [0, 0.1) is 0 Å². The Morgan fingerprint density at radius 1 is 0.600 bits per heavy atom. The Labute approximate surface area is 82.1 Å². The predicted molar refractivity (Wildman–Crippen MR) is 36.8 cm³/mol. The summed E-state index contributed by atoms with van der Waals surface area (Å²) >= 11 is 0. The van der Waals surface area contributed by atoms with Gasteiger partial charge in [-0.1, -0.05) is 0 Å². The summed E-state index contributed by atoms with van der Waals surface area (Å²) in [5, 5.41) is 0. The molecule has 0 atom stereocenters. The molecule has 0 aliphatic rings. The van der Waals surface area contributed by atoms with Crippen LogP contribution < -0.4 is 12.4 Å². The SMILES string of the molecule is [Cl-].[NH-]CC[NH-].[NH-]CC[NH-].[Pd]. The Morgan fingerprint density at radius 3 is 0.700 bits per heavy atom. The molecular formula is C4H12ClN4Pd-5. The van der Waals surface area contributed by atoms with Crippen LogP contribution in [0.25, 0.3) is 22.9 Å². The fourth-order valence-electron chi connectivity index (χ4n) is 0. The number of hydrogen-bond acceptors (Lipinski definition) is 0. The summed E-state index contributed by atoms with van der Waals surface area (Å²) in [5.74, 6) is 0. The van der Waals surface area contributed by atoms with Crippen molar-refractivity contribution in [1.82, 2.24) is 0 Å². The molecule has 0 unspecified atom stereocenters. The summed E-state index contributed by atoms with van der Waals surface area (Å²) in [6.07, 6.45) is 0. The first-order chi connectivity index (χ1) is 3.83. The molecule has 0 saturated carbocycles. The van der Waals surface area contributed by atoms with Gasteiger partial charge >= 0.3 is 0 Å². The van der Waals surface area contributed by atoms with Crippen molar-refractivity contribution in [2.45, 2.75) is 0 Å². The molecule has 0 heterocycles. The zero-order valence-corrected chi connectivity index (χ0v) is 7.83. The summed E-state index contributed by atoms with van der Waals surface area (Å²) in [4.78, 5) is 0. The van der Waals surface area contributed by atoms with E-state index in [4.69, 9.17) is 22.9 Å². The molecule has 0 bridgehead atoms. The molecule has 0 amide bonds. The largest absolute Gasteiger partial charge is 1.00 e. The maximum atomic E-state index is 6.26. The minimum absolute atomic E-state index is 0. The quantitative estimate of drug-likeness (QED) is 0.579. The van der Waals surface area contributed by atoms with E-state index in [1.54, 1.807) is 0 Å². The molecule has 10 heavy (non-hydrogen) atoms. The van der Waals surface area contributed by atoms with Crippen LogP contribution in [0.4, 0.5) is 0 Å². The molecule has 0 aromatic rings. The van der Waals surface area contributed by atoms with Crippen LogP contribution in [-0.4, -0.2) is 26.2 Å². The van der Waals surface area contributed by atoms with Crippen molar-refractivity contribution < 1.29 is 32.8 Å². The van der Waals surface area contributed by atoms with E-state index in [9.17, 15) is 0 Å². The van der Waals surface area contributed by atoms with Crippen LogP contribution in [0.3, 0.4) is 0 Å². The maximum absolute atomic E-state index is 6.26. The molecule has 4 N–H and O–H groups in total. The molecule has 0 aromatic heterocycles. The van der Waals surface area contributed by atoms with E-state index in [-0.39, 0.29) is 59.0 Å². The van der Waals surface area contributed by atoms with E-state index < -0.39 is 0 Å². The van der Waals surface area contributed by atoms with E-state index in [0.29, 0.717) is 0 Å². The van der Waals surface area contributed by atoms with Crippen molar-refractivity contribution in [1.29, 1.82) is 0 Å². The zero-order chi connectivity index (χ0) is 6.83. The Morgan fingerprint density at radius 2 is 0.700 bits per heavy atom.